The molecule has 78 valence electrons. The first-order valence-corrected chi connectivity index (χ1v) is 5.46. The average molecular weight is 194 g/mol. The Balaban J connectivity index is 2.00. The van der Waals surface area contributed by atoms with Crippen LogP contribution in [-0.4, -0.2) is 12.5 Å². The van der Waals surface area contributed by atoms with Crippen LogP contribution >= 0.6 is 0 Å². The highest BCUT2D eigenvalue weighted by atomic mass is 16.1. The summed E-state index contributed by atoms with van der Waals surface area (Å²) in [7, 11) is 0. The van der Waals surface area contributed by atoms with Gasteiger partial charge in [0.05, 0.1) is 12.5 Å². The molecule has 0 heterocycles. The molecule has 0 bridgehead atoms. The van der Waals surface area contributed by atoms with E-state index in [1.807, 2.05) is 6.07 Å². The molecule has 0 atom stereocenters. The molecule has 1 amide bonds. The maximum atomic E-state index is 11.3. The Morgan fingerprint density at radius 1 is 1.43 bits per heavy atom. The number of amides is 1. The van der Waals surface area contributed by atoms with E-state index in [-0.39, 0.29) is 5.91 Å². The first-order valence-electron chi connectivity index (χ1n) is 5.46. The van der Waals surface area contributed by atoms with Crippen LogP contribution in [0.4, 0.5) is 0 Å². The molecule has 1 N–H and O–H groups in total. The van der Waals surface area contributed by atoms with E-state index in [1.54, 1.807) is 0 Å². The molecule has 0 aromatic heterocycles. The lowest BCUT2D eigenvalue weighted by Gasteiger charge is -2.07. The van der Waals surface area contributed by atoms with Crippen molar-refractivity contribution in [1.29, 1.82) is 5.26 Å². The van der Waals surface area contributed by atoms with Gasteiger partial charge in [0.2, 0.25) is 5.91 Å². The molecule has 0 aromatic carbocycles. The normalized spacial score (nSPS) is 16.5. The molecule has 1 fully saturated rings. The monoisotopic (exact) mass is 194 g/mol. The lowest BCUT2D eigenvalue weighted by molar-refractivity contribution is -0.121. The van der Waals surface area contributed by atoms with E-state index in [2.05, 4.69) is 5.32 Å². The smallest absolute Gasteiger partial charge is 0.220 e. The summed E-state index contributed by atoms with van der Waals surface area (Å²) < 4.78 is 0. The Morgan fingerprint density at radius 2 is 2.14 bits per heavy atom. The summed E-state index contributed by atoms with van der Waals surface area (Å²) in [6.07, 6.45) is 7.34. The van der Waals surface area contributed by atoms with Crippen LogP contribution in [0.2, 0.25) is 0 Å². The molecular formula is C11H18N2O. The molecule has 1 saturated carbocycles. The van der Waals surface area contributed by atoms with Gasteiger partial charge >= 0.3 is 0 Å². The van der Waals surface area contributed by atoms with Crippen LogP contribution in [0.25, 0.3) is 0 Å². The Labute approximate surface area is 85.5 Å². The number of hydrogen-bond acceptors (Lipinski definition) is 2. The molecule has 3 nitrogen and oxygen atoms in total. The minimum atomic E-state index is 0.104. The van der Waals surface area contributed by atoms with Crippen LogP contribution in [0.15, 0.2) is 0 Å². The number of rotatable bonds is 5. The second-order valence-electron chi connectivity index (χ2n) is 3.95. The highest BCUT2D eigenvalue weighted by molar-refractivity contribution is 5.75. The molecule has 0 spiro atoms. The molecule has 0 aromatic rings. The number of carbonyl (C=O) groups excluding carboxylic acids is 1. The Morgan fingerprint density at radius 3 is 2.79 bits per heavy atom. The quantitative estimate of drug-likeness (QED) is 0.680. The van der Waals surface area contributed by atoms with Gasteiger partial charge in [0.15, 0.2) is 0 Å². The summed E-state index contributed by atoms with van der Waals surface area (Å²) >= 11 is 0. The largest absolute Gasteiger partial charge is 0.355 e. The summed E-state index contributed by atoms with van der Waals surface area (Å²) in [5, 5.41) is 11.0. The molecule has 1 aliphatic rings. The van der Waals surface area contributed by atoms with E-state index < -0.39 is 0 Å². The van der Waals surface area contributed by atoms with Gasteiger partial charge in [0.25, 0.3) is 0 Å². The Kier molecular flexibility index (Phi) is 5.06. The fraction of sp³-hybridized carbons (Fsp3) is 0.818. The number of nitrogens with zero attached hydrogens (tertiary/aromatic N) is 1. The van der Waals surface area contributed by atoms with Crippen molar-refractivity contribution in [3.8, 4) is 6.07 Å². The van der Waals surface area contributed by atoms with Crippen molar-refractivity contribution in [2.75, 3.05) is 6.54 Å². The van der Waals surface area contributed by atoms with Crippen LogP contribution in [0.1, 0.15) is 44.9 Å². The predicted octanol–water partition coefficient (Wildman–Crippen LogP) is 1.99. The molecule has 0 unspecified atom stereocenters. The zero-order valence-corrected chi connectivity index (χ0v) is 8.59. The molecule has 14 heavy (non-hydrogen) atoms. The molecule has 1 aliphatic carbocycles. The van der Waals surface area contributed by atoms with Crippen molar-refractivity contribution < 1.29 is 4.79 Å². The van der Waals surface area contributed by atoms with E-state index in [0.717, 1.165) is 12.3 Å². The summed E-state index contributed by atoms with van der Waals surface area (Å²) in [6, 6.07) is 2.01. The molecule has 0 aliphatic heterocycles. The van der Waals surface area contributed by atoms with Gasteiger partial charge in [-0.2, -0.15) is 5.26 Å². The van der Waals surface area contributed by atoms with E-state index in [4.69, 9.17) is 5.26 Å². The third-order valence-electron chi connectivity index (χ3n) is 2.81. The number of hydrogen-bond donors (Lipinski definition) is 1. The van der Waals surface area contributed by atoms with Crippen molar-refractivity contribution in [2.24, 2.45) is 5.92 Å². The number of nitriles is 1. The van der Waals surface area contributed by atoms with Gasteiger partial charge in [0, 0.05) is 13.0 Å². The summed E-state index contributed by atoms with van der Waals surface area (Å²) in [4.78, 5) is 11.3. The van der Waals surface area contributed by atoms with Crippen LogP contribution in [-0.2, 0) is 4.79 Å². The summed E-state index contributed by atoms with van der Waals surface area (Å²) in [5.74, 6) is 0.879. The van der Waals surface area contributed by atoms with Crippen molar-refractivity contribution in [3.63, 3.8) is 0 Å². The first kappa shape index (κ1) is 11.0. The summed E-state index contributed by atoms with van der Waals surface area (Å²) in [6.45, 7) is 0.500. The highest BCUT2D eigenvalue weighted by Crippen LogP contribution is 2.28. The highest BCUT2D eigenvalue weighted by Gasteiger charge is 2.15. The Hall–Kier alpha value is -1.04. The zero-order valence-electron chi connectivity index (χ0n) is 8.59. The lowest BCUT2D eigenvalue weighted by atomic mass is 10.0. The maximum absolute atomic E-state index is 11.3. The van der Waals surface area contributed by atoms with E-state index in [9.17, 15) is 4.79 Å². The van der Waals surface area contributed by atoms with E-state index >= 15 is 0 Å². The lowest BCUT2D eigenvalue weighted by Crippen LogP contribution is -2.24. The van der Waals surface area contributed by atoms with Gasteiger partial charge in [-0.15, -0.1) is 0 Å². The topological polar surface area (TPSA) is 52.9 Å². The predicted molar refractivity (Wildman–Crippen MR) is 54.4 cm³/mol. The molecule has 1 rings (SSSR count). The number of nitrogens with one attached hydrogen (secondary N) is 1. The van der Waals surface area contributed by atoms with Gasteiger partial charge < -0.3 is 5.32 Å². The molecule has 3 heteroatoms. The average Bonchev–Trinajstić information content (AvgIpc) is 2.68. The molecular weight excluding hydrogens is 176 g/mol. The zero-order chi connectivity index (χ0) is 10.2. The first-order chi connectivity index (χ1) is 6.83. The molecule has 0 saturated heterocycles. The van der Waals surface area contributed by atoms with Crippen LogP contribution in [0, 0.1) is 17.2 Å². The second-order valence-corrected chi connectivity index (χ2v) is 3.95. The van der Waals surface area contributed by atoms with Gasteiger partial charge in [0.1, 0.15) is 0 Å². The standard InChI is InChI=1S/C11H18N2O/c12-8-3-9-13-11(14)7-6-10-4-1-2-5-10/h10H,1-7,9H2,(H,13,14). The van der Waals surface area contributed by atoms with Crippen molar-refractivity contribution >= 4 is 5.91 Å². The van der Waals surface area contributed by atoms with Gasteiger partial charge in [-0.25, -0.2) is 0 Å². The summed E-state index contributed by atoms with van der Waals surface area (Å²) in [5.41, 5.74) is 0. The fourth-order valence-corrected chi connectivity index (χ4v) is 1.98. The number of carbonyl (C=O) groups is 1. The van der Waals surface area contributed by atoms with Crippen LogP contribution in [0.5, 0.6) is 0 Å². The van der Waals surface area contributed by atoms with Gasteiger partial charge in [-0.1, -0.05) is 25.7 Å². The van der Waals surface area contributed by atoms with E-state index in [0.29, 0.717) is 19.4 Å². The molecule has 0 radical (unpaired) electrons. The fourth-order valence-electron chi connectivity index (χ4n) is 1.98. The van der Waals surface area contributed by atoms with E-state index in [1.165, 1.54) is 25.7 Å². The maximum Gasteiger partial charge on any atom is 0.220 e. The minimum Gasteiger partial charge on any atom is -0.355 e. The third-order valence-corrected chi connectivity index (χ3v) is 2.81. The van der Waals surface area contributed by atoms with Gasteiger partial charge in [-0.05, 0) is 12.3 Å². The minimum absolute atomic E-state index is 0.104. The van der Waals surface area contributed by atoms with Crippen molar-refractivity contribution in [3.05, 3.63) is 0 Å². The van der Waals surface area contributed by atoms with Crippen LogP contribution in [0.3, 0.4) is 0 Å². The third kappa shape index (κ3) is 4.27. The Bertz CT molecular complexity index is 214. The second kappa shape index (κ2) is 6.42. The van der Waals surface area contributed by atoms with Crippen LogP contribution < -0.4 is 5.32 Å². The van der Waals surface area contributed by atoms with Crippen molar-refractivity contribution in [1.82, 2.24) is 5.32 Å². The van der Waals surface area contributed by atoms with Gasteiger partial charge in [-0.3, -0.25) is 4.79 Å². The SMILES string of the molecule is N#CCCNC(=O)CCC1CCCC1. The van der Waals surface area contributed by atoms with Crippen molar-refractivity contribution in [2.45, 2.75) is 44.9 Å².